The van der Waals surface area contributed by atoms with Crippen LogP contribution in [0.1, 0.15) is 19.3 Å². The van der Waals surface area contributed by atoms with E-state index in [1.54, 1.807) is 21.2 Å². The first kappa shape index (κ1) is 26.3. The van der Waals surface area contributed by atoms with Crippen LogP contribution in [0, 0.1) is 0 Å². The number of nitrogens with one attached hydrogen (secondary N) is 1. The lowest BCUT2D eigenvalue weighted by Crippen LogP contribution is -2.45. The SMILES string of the molecule is COc1ccc(OCCN(C)C(=NCC(=O)N(C)C)NCC2CCCCO2)cc1.I. The first-order valence-corrected chi connectivity index (χ1v) is 10.1. The molecule has 0 spiro atoms. The number of hydrogen-bond acceptors (Lipinski definition) is 5. The fraction of sp³-hybridized carbons (Fsp3) is 0.619. The van der Waals surface area contributed by atoms with E-state index in [1.165, 1.54) is 11.3 Å². The molecule has 2 rings (SSSR count). The fourth-order valence-corrected chi connectivity index (χ4v) is 2.85. The third-order valence-electron chi connectivity index (χ3n) is 4.74. The van der Waals surface area contributed by atoms with Crippen LogP contribution in [0.4, 0.5) is 0 Å². The molecule has 1 aliphatic rings. The number of methoxy groups -OCH3 is 1. The molecular formula is C21H35IN4O4. The Bertz CT molecular complexity index is 649. The topological polar surface area (TPSA) is 75.6 Å². The molecule has 30 heavy (non-hydrogen) atoms. The molecule has 1 atom stereocenters. The third kappa shape index (κ3) is 9.38. The molecule has 1 unspecified atom stereocenters. The van der Waals surface area contributed by atoms with Crippen LogP contribution in [0.25, 0.3) is 0 Å². The molecule has 9 heteroatoms. The molecule has 0 saturated carbocycles. The smallest absolute Gasteiger partial charge is 0.243 e. The van der Waals surface area contributed by atoms with Crippen LogP contribution in [-0.4, -0.2) is 88.9 Å². The number of benzene rings is 1. The van der Waals surface area contributed by atoms with Gasteiger partial charge in [-0.3, -0.25) is 4.79 Å². The van der Waals surface area contributed by atoms with Crippen molar-refractivity contribution in [1.82, 2.24) is 15.1 Å². The number of halogens is 1. The van der Waals surface area contributed by atoms with Crippen LogP contribution >= 0.6 is 24.0 Å². The van der Waals surface area contributed by atoms with Gasteiger partial charge in [0.05, 0.1) is 19.8 Å². The third-order valence-corrected chi connectivity index (χ3v) is 4.74. The van der Waals surface area contributed by atoms with Gasteiger partial charge in [-0.2, -0.15) is 0 Å². The highest BCUT2D eigenvalue weighted by Gasteiger charge is 2.16. The van der Waals surface area contributed by atoms with Gasteiger partial charge in [0.25, 0.3) is 0 Å². The molecule has 170 valence electrons. The van der Waals surface area contributed by atoms with E-state index in [1.807, 2.05) is 36.2 Å². The Balaban J connectivity index is 0.00000450. The molecule has 1 fully saturated rings. The van der Waals surface area contributed by atoms with Crippen molar-refractivity contribution in [2.45, 2.75) is 25.4 Å². The van der Waals surface area contributed by atoms with Gasteiger partial charge in [-0.05, 0) is 43.5 Å². The second kappa shape index (κ2) is 14.3. The average Bonchev–Trinajstić information content (AvgIpc) is 2.74. The summed E-state index contributed by atoms with van der Waals surface area (Å²) in [7, 11) is 7.03. The zero-order valence-electron chi connectivity index (χ0n) is 18.4. The Labute approximate surface area is 197 Å². The van der Waals surface area contributed by atoms with Crippen LogP contribution in [0.5, 0.6) is 11.5 Å². The van der Waals surface area contributed by atoms with Crippen molar-refractivity contribution >= 4 is 35.8 Å². The maximum absolute atomic E-state index is 11.9. The first-order valence-electron chi connectivity index (χ1n) is 10.1. The highest BCUT2D eigenvalue weighted by molar-refractivity contribution is 14.0. The summed E-state index contributed by atoms with van der Waals surface area (Å²) in [5.74, 6) is 2.21. The van der Waals surface area contributed by atoms with Gasteiger partial charge >= 0.3 is 0 Å². The number of ether oxygens (including phenoxy) is 3. The van der Waals surface area contributed by atoms with Gasteiger partial charge in [-0.25, -0.2) is 4.99 Å². The molecule has 0 aliphatic carbocycles. The van der Waals surface area contributed by atoms with E-state index in [9.17, 15) is 4.79 Å². The largest absolute Gasteiger partial charge is 0.497 e. The first-order chi connectivity index (χ1) is 14.0. The van der Waals surface area contributed by atoms with Gasteiger partial charge in [0.15, 0.2) is 5.96 Å². The van der Waals surface area contributed by atoms with E-state index in [0.717, 1.165) is 30.9 Å². The summed E-state index contributed by atoms with van der Waals surface area (Å²) in [6.07, 6.45) is 3.53. The highest BCUT2D eigenvalue weighted by atomic mass is 127. The number of carbonyl (C=O) groups excluding carboxylic acids is 1. The minimum atomic E-state index is -0.0406. The predicted octanol–water partition coefficient (Wildman–Crippen LogP) is 2.23. The van der Waals surface area contributed by atoms with E-state index in [0.29, 0.717) is 25.7 Å². The van der Waals surface area contributed by atoms with Crippen molar-refractivity contribution < 1.29 is 19.0 Å². The monoisotopic (exact) mass is 534 g/mol. The number of rotatable bonds is 9. The van der Waals surface area contributed by atoms with Crippen molar-refractivity contribution in [3.8, 4) is 11.5 Å². The minimum absolute atomic E-state index is 0. The maximum Gasteiger partial charge on any atom is 0.243 e. The van der Waals surface area contributed by atoms with Gasteiger partial charge < -0.3 is 29.3 Å². The maximum atomic E-state index is 11.9. The van der Waals surface area contributed by atoms with Gasteiger partial charge in [-0.15, -0.1) is 24.0 Å². The van der Waals surface area contributed by atoms with Crippen molar-refractivity contribution in [2.24, 2.45) is 4.99 Å². The molecule has 1 aliphatic heterocycles. The Morgan fingerprint density at radius 3 is 2.50 bits per heavy atom. The van der Waals surface area contributed by atoms with E-state index >= 15 is 0 Å². The molecule has 0 bridgehead atoms. The Morgan fingerprint density at radius 2 is 1.90 bits per heavy atom. The van der Waals surface area contributed by atoms with E-state index in [-0.39, 0.29) is 42.5 Å². The van der Waals surface area contributed by atoms with Crippen molar-refractivity contribution in [2.75, 3.05) is 61.1 Å². The van der Waals surface area contributed by atoms with Crippen molar-refractivity contribution in [3.63, 3.8) is 0 Å². The molecule has 1 aromatic carbocycles. The number of likely N-dealkylation sites (N-methyl/N-ethyl adjacent to an activating group) is 2. The summed E-state index contributed by atoms with van der Waals surface area (Å²) < 4.78 is 16.7. The number of hydrogen-bond donors (Lipinski definition) is 1. The second-order valence-electron chi connectivity index (χ2n) is 7.24. The summed E-state index contributed by atoms with van der Waals surface area (Å²) >= 11 is 0. The molecule has 0 aromatic heterocycles. The Kier molecular flexibility index (Phi) is 12.5. The predicted molar refractivity (Wildman–Crippen MR) is 129 cm³/mol. The lowest BCUT2D eigenvalue weighted by molar-refractivity contribution is -0.127. The number of amides is 1. The van der Waals surface area contributed by atoms with Crippen LogP contribution in [0.2, 0.25) is 0 Å². The number of carbonyl (C=O) groups is 1. The van der Waals surface area contributed by atoms with Gasteiger partial charge in [0, 0.05) is 34.3 Å². The zero-order chi connectivity index (χ0) is 21.1. The molecule has 1 N–H and O–H groups in total. The minimum Gasteiger partial charge on any atom is -0.497 e. The fourth-order valence-electron chi connectivity index (χ4n) is 2.85. The van der Waals surface area contributed by atoms with Gasteiger partial charge in [0.1, 0.15) is 24.7 Å². The van der Waals surface area contributed by atoms with E-state index in [2.05, 4.69) is 10.3 Å². The molecule has 0 radical (unpaired) electrons. The van der Waals surface area contributed by atoms with Crippen molar-refractivity contribution in [3.05, 3.63) is 24.3 Å². The summed E-state index contributed by atoms with van der Waals surface area (Å²) in [6, 6.07) is 7.49. The zero-order valence-corrected chi connectivity index (χ0v) is 20.8. The molecule has 8 nitrogen and oxygen atoms in total. The standard InChI is InChI=1S/C21H34N4O4.HI/c1-24(2)20(26)16-23-21(22-15-19-7-5-6-13-28-19)25(3)12-14-29-18-10-8-17(27-4)9-11-18;/h8-11,19H,5-7,12-16H2,1-4H3,(H,22,23);1H. The number of guanidine groups is 1. The van der Waals surface area contributed by atoms with Crippen LogP contribution < -0.4 is 14.8 Å². The lowest BCUT2D eigenvalue weighted by Gasteiger charge is -2.27. The Hall–Kier alpha value is -1.75. The quantitative estimate of drug-likeness (QED) is 0.298. The number of nitrogens with zero attached hydrogens (tertiary/aromatic N) is 3. The molecule has 1 saturated heterocycles. The van der Waals surface area contributed by atoms with Crippen molar-refractivity contribution in [1.29, 1.82) is 0 Å². The summed E-state index contributed by atoms with van der Waals surface area (Å²) in [4.78, 5) is 19.9. The average molecular weight is 534 g/mol. The highest BCUT2D eigenvalue weighted by Crippen LogP contribution is 2.17. The number of aliphatic imine (C=N–C) groups is 1. The molecule has 1 aromatic rings. The van der Waals surface area contributed by atoms with Crippen LogP contribution in [0.15, 0.2) is 29.3 Å². The lowest BCUT2D eigenvalue weighted by atomic mass is 10.1. The van der Waals surface area contributed by atoms with Crippen LogP contribution in [-0.2, 0) is 9.53 Å². The van der Waals surface area contributed by atoms with Gasteiger partial charge in [0.2, 0.25) is 5.91 Å². The summed E-state index contributed by atoms with van der Waals surface area (Å²) in [5, 5.41) is 3.36. The van der Waals surface area contributed by atoms with Crippen LogP contribution in [0.3, 0.4) is 0 Å². The summed E-state index contributed by atoms with van der Waals surface area (Å²) in [5.41, 5.74) is 0. The molecular weight excluding hydrogens is 499 g/mol. The summed E-state index contributed by atoms with van der Waals surface area (Å²) in [6.45, 7) is 2.71. The Morgan fingerprint density at radius 1 is 1.20 bits per heavy atom. The second-order valence-corrected chi connectivity index (χ2v) is 7.24. The van der Waals surface area contributed by atoms with Gasteiger partial charge in [-0.1, -0.05) is 0 Å². The van der Waals surface area contributed by atoms with E-state index < -0.39 is 0 Å². The molecule has 1 amide bonds. The normalized spacial score (nSPS) is 16.3. The van der Waals surface area contributed by atoms with E-state index in [4.69, 9.17) is 14.2 Å². The molecule has 1 heterocycles.